The molecule has 6 heteroatoms. The maximum absolute atomic E-state index is 13.2. The van der Waals surface area contributed by atoms with Crippen LogP contribution in [0.5, 0.6) is 0 Å². The molecule has 0 amide bonds. The van der Waals surface area contributed by atoms with Crippen LogP contribution in [-0.4, -0.2) is 23.3 Å². The van der Waals surface area contributed by atoms with E-state index in [-0.39, 0.29) is 12.4 Å². The number of aromatic nitrogens is 2. The van der Waals surface area contributed by atoms with Crippen molar-refractivity contribution in [3.8, 4) is 11.4 Å². The molecule has 0 saturated heterocycles. The zero-order valence-corrected chi connectivity index (χ0v) is 10.0. The lowest BCUT2D eigenvalue weighted by molar-refractivity contribution is 0.104. The monoisotopic (exact) mass is 251 g/mol. The van der Waals surface area contributed by atoms with E-state index in [9.17, 15) is 4.39 Å². The lowest BCUT2D eigenvalue weighted by Crippen LogP contribution is -2.08. The maximum Gasteiger partial charge on any atom is 0.252 e. The highest BCUT2D eigenvalue weighted by molar-refractivity contribution is 5.59. The Labute approximate surface area is 104 Å². The summed E-state index contributed by atoms with van der Waals surface area (Å²) in [5.74, 6) is 0.377. The molecule has 0 fully saturated rings. The molecule has 0 aliphatic heterocycles. The number of nitrogens with zero attached hydrogens (tertiary/aromatic N) is 2. The van der Waals surface area contributed by atoms with Crippen LogP contribution in [0.4, 0.5) is 4.39 Å². The van der Waals surface area contributed by atoms with Gasteiger partial charge in [0.05, 0.1) is 6.61 Å². The van der Waals surface area contributed by atoms with Gasteiger partial charge < -0.3 is 15.0 Å². The van der Waals surface area contributed by atoms with Gasteiger partial charge in [-0.3, -0.25) is 0 Å². The number of aryl methyl sites for hydroxylation is 1. The first-order valence-electron chi connectivity index (χ1n) is 5.57. The quantitative estimate of drug-likeness (QED) is 0.818. The third-order valence-electron chi connectivity index (χ3n) is 2.40. The molecule has 1 heterocycles. The molecule has 0 saturated carbocycles. The van der Waals surface area contributed by atoms with Crippen molar-refractivity contribution in [1.29, 1.82) is 0 Å². The second kappa shape index (κ2) is 5.70. The Hall–Kier alpha value is -1.79. The summed E-state index contributed by atoms with van der Waals surface area (Å²) in [5, 5.41) is 3.80. The second-order valence-corrected chi connectivity index (χ2v) is 3.81. The van der Waals surface area contributed by atoms with E-state index in [1.54, 1.807) is 6.07 Å². The lowest BCUT2D eigenvalue weighted by Gasteiger charge is -1.99. The molecule has 0 spiro atoms. The Kier molecular flexibility index (Phi) is 4.01. The fraction of sp³-hybridized carbons (Fsp3) is 0.333. The Balaban J connectivity index is 2.16. The number of benzene rings is 1. The van der Waals surface area contributed by atoms with Gasteiger partial charge in [0.15, 0.2) is 0 Å². The van der Waals surface area contributed by atoms with E-state index in [4.69, 9.17) is 15.0 Å². The molecule has 1 aromatic carbocycles. The summed E-state index contributed by atoms with van der Waals surface area (Å²) in [5.41, 5.74) is 6.79. The summed E-state index contributed by atoms with van der Waals surface area (Å²) < 4.78 is 23.4. The van der Waals surface area contributed by atoms with E-state index >= 15 is 0 Å². The van der Waals surface area contributed by atoms with Gasteiger partial charge >= 0.3 is 0 Å². The lowest BCUT2D eigenvalue weighted by atomic mass is 10.1. The van der Waals surface area contributed by atoms with Crippen LogP contribution in [0.2, 0.25) is 0 Å². The Morgan fingerprint density at radius 2 is 2.28 bits per heavy atom. The minimum atomic E-state index is -0.332. The van der Waals surface area contributed by atoms with Crippen molar-refractivity contribution >= 4 is 0 Å². The highest BCUT2D eigenvalue weighted by Gasteiger charge is 2.11. The average molecular weight is 251 g/mol. The van der Waals surface area contributed by atoms with Crippen LogP contribution in [0, 0.1) is 12.7 Å². The molecule has 2 aromatic rings. The first-order chi connectivity index (χ1) is 8.70. The molecule has 1 aromatic heterocycles. The first-order valence-corrected chi connectivity index (χ1v) is 5.57. The van der Waals surface area contributed by atoms with Crippen molar-refractivity contribution < 1.29 is 13.7 Å². The standard InChI is InChI=1S/C12H14FN3O2/c1-8-2-3-9(13)6-10(8)12-15-11(18-16-12)7-17-5-4-14/h2-3,6H,4-5,7,14H2,1H3. The van der Waals surface area contributed by atoms with E-state index in [1.165, 1.54) is 12.1 Å². The van der Waals surface area contributed by atoms with Crippen molar-refractivity contribution in [2.45, 2.75) is 13.5 Å². The van der Waals surface area contributed by atoms with Crippen molar-refractivity contribution in [1.82, 2.24) is 10.1 Å². The fourth-order valence-corrected chi connectivity index (χ4v) is 1.50. The fourth-order valence-electron chi connectivity index (χ4n) is 1.50. The van der Waals surface area contributed by atoms with Crippen LogP contribution in [-0.2, 0) is 11.3 Å². The Bertz CT molecular complexity index is 528. The molecule has 5 nitrogen and oxygen atoms in total. The van der Waals surface area contributed by atoms with E-state index in [0.29, 0.717) is 30.4 Å². The van der Waals surface area contributed by atoms with Crippen molar-refractivity contribution in [2.24, 2.45) is 5.73 Å². The van der Waals surface area contributed by atoms with Crippen molar-refractivity contribution in [3.05, 3.63) is 35.5 Å². The molecule has 0 aliphatic carbocycles. The van der Waals surface area contributed by atoms with Gasteiger partial charge in [0, 0.05) is 12.1 Å². The summed E-state index contributed by atoms with van der Waals surface area (Å²) in [6.45, 7) is 2.93. The molecule has 18 heavy (non-hydrogen) atoms. The van der Waals surface area contributed by atoms with E-state index < -0.39 is 0 Å². The highest BCUT2D eigenvalue weighted by Crippen LogP contribution is 2.21. The number of nitrogens with two attached hydrogens (primary N) is 1. The average Bonchev–Trinajstić information content (AvgIpc) is 2.81. The summed E-state index contributed by atoms with van der Waals surface area (Å²) in [6.07, 6.45) is 0. The third-order valence-corrected chi connectivity index (χ3v) is 2.40. The predicted molar refractivity (Wildman–Crippen MR) is 63.1 cm³/mol. The van der Waals surface area contributed by atoms with Gasteiger partial charge in [0.25, 0.3) is 5.89 Å². The summed E-state index contributed by atoms with van der Waals surface area (Å²) >= 11 is 0. The van der Waals surface area contributed by atoms with Gasteiger partial charge in [0.1, 0.15) is 12.4 Å². The SMILES string of the molecule is Cc1ccc(F)cc1-c1noc(COCCN)n1. The summed E-state index contributed by atoms with van der Waals surface area (Å²) in [6, 6.07) is 4.44. The molecule has 0 unspecified atom stereocenters. The normalized spacial score (nSPS) is 10.8. The van der Waals surface area contributed by atoms with Crippen LogP contribution >= 0.6 is 0 Å². The molecular weight excluding hydrogens is 237 g/mol. The van der Waals surface area contributed by atoms with Gasteiger partial charge in [-0.15, -0.1) is 0 Å². The molecule has 0 bridgehead atoms. The van der Waals surface area contributed by atoms with Gasteiger partial charge in [-0.05, 0) is 24.6 Å². The zero-order chi connectivity index (χ0) is 13.0. The van der Waals surface area contributed by atoms with Crippen molar-refractivity contribution in [2.75, 3.05) is 13.2 Å². The maximum atomic E-state index is 13.2. The molecule has 0 aliphatic rings. The van der Waals surface area contributed by atoms with Gasteiger partial charge in [0.2, 0.25) is 5.82 Å². The topological polar surface area (TPSA) is 74.2 Å². The van der Waals surface area contributed by atoms with Crippen LogP contribution in [0.15, 0.2) is 22.7 Å². The molecule has 2 N–H and O–H groups in total. The number of halogens is 1. The van der Waals surface area contributed by atoms with Gasteiger partial charge in [-0.2, -0.15) is 4.98 Å². The molecule has 0 radical (unpaired) electrons. The first kappa shape index (κ1) is 12.7. The number of hydrogen-bond donors (Lipinski definition) is 1. The number of hydrogen-bond acceptors (Lipinski definition) is 5. The largest absolute Gasteiger partial charge is 0.370 e. The second-order valence-electron chi connectivity index (χ2n) is 3.81. The summed E-state index contributed by atoms with van der Waals surface area (Å²) in [7, 11) is 0. The summed E-state index contributed by atoms with van der Waals surface area (Å²) in [4.78, 5) is 4.14. The molecule has 2 rings (SSSR count). The zero-order valence-electron chi connectivity index (χ0n) is 10.0. The smallest absolute Gasteiger partial charge is 0.252 e. The Morgan fingerprint density at radius 1 is 1.44 bits per heavy atom. The molecular formula is C12H14FN3O2. The third kappa shape index (κ3) is 2.91. The minimum Gasteiger partial charge on any atom is -0.370 e. The number of ether oxygens (including phenoxy) is 1. The van der Waals surface area contributed by atoms with Crippen molar-refractivity contribution in [3.63, 3.8) is 0 Å². The molecule has 0 atom stereocenters. The number of rotatable bonds is 5. The van der Waals surface area contributed by atoms with E-state index in [0.717, 1.165) is 5.56 Å². The highest BCUT2D eigenvalue weighted by atomic mass is 19.1. The van der Waals surface area contributed by atoms with Gasteiger partial charge in [-0.1, -0.05) is 11.2 Å². The van der Waals surface area contributed by atoms with Crippen LogP contribution in [0.25, 0.3) is 11.4 Å². The van der Waals surface area contributed by atoms with Crippen LogP contribution < -0.4 is 5.73 Å². The Morgan fingerprint density at radius 3 is 3.06 bits per heavy atom. The van der Waals surface area contributed by atoms with E-state index in [2.05, 4.69) is 10.1 Å². The van der Waals surface area contributed by atoms with Crippen LogP contribution in [0.1, 0.15) is 11.5 Å². The van der Waals surface area contributed by atoms with Crippen LogP contribution in [0.3, 0.4) is 0 Å². The van der Waals surface area contributed by atoms with E-state index in [1.807, 2.05) is 6.92 Å². The minimum absolute atomic E-state index is 0.207. The van der Waals surface area contributed by atoms with Gasteiger partial charge in [-0.25, -0.2) is 4.39 Å². The molecule has 96 valence electrons. The predicted octanol–water partition coefficient (Wildman–Crippen LogP) is 1.66.